The Hall–Kier alpha value is -0.750. The molecule has 0 saturated carbocycles. The van der Waals surface area contributed by atoms with E-state index in [2.05, 4.69) is 5.10 Å². The lowest BCUT2D eigenvalue weighted by molar-refractivity contribution is -0.144. The second-order valence-corrected chi connectivity index (χ2v) is 3.41. The largest absolute Gasteiger partial charge is 0.434 e. The predicted octanol–water partition coefficient (Wildman–Crippen LogP) is 1.90. The Bertz CT molecular complexity index is 318. The van der Waals surface area contributed by atoms with Gasteiger partial charge in [0.1, 0.15) is 0 Å². The molecule has 1 atom stereocenters. The molecule has 1 aromatic rings. The average molecular weight is 228 g/mol. The molecule has 0 radical (unpaired) electrons. The first-order chi connectivity index (χ1) is 6.32. The first-order valence-corrected chi connectivity index (χ1v) is 4.24. The van der Waals surface area contributed by atoms with Crippen molar-refractivity contribution in [2.24, 2.45) is 5.73 Å². The zero-order valence-electron chi connectivity index (χ0n) is 7.35. The summed E-state index contributed by atoms with van der Waals surface area (Å²) >= 11 is 5.37. The normalized spacial score (nSPS) is 14.4. The van der Waals surface area contributed by atoms with Gasteiger partial charge in [-0.15, -0.1) is 0 Å². The van der Waals surface area contributed by atoms with E-state index in [1.165, 1.54) is 0 Å². The van der Waals surface area contributed by atoms with Crippen molar-refractivity contribution < 1.29 is 13.2 Å². The average Bonchev–Trinajstić information content (AvgIpc) is 2.28. The van der Waals surface area contributed by atoms with Crippen molar-refractivity contribution in [3.05, 3.63) is 16.9 Å². The number of hydrogen-bond acceptors (Lipinski definition) is 2. The highest BCUT2D eigenvalue weighted by molar-refractivity contribution is 6.31. The summed E-state index contributed by atoms with van der Waals surface area (Å²) in [4.78, 5) is 0. The summed E-state index contributed by atoms with van der Waals surface area (Å²) in [6.07, 6.45) is -3.53. The van der Waals surface area contributed by atoms with Crippen LogP contribution in [-0.2, 0) is 12.7 Å². The summed E-state index contributed by atoms with van der Waals surface area (Å²) in [5.41, 5.74) is 4.43. The Balaban J connectivity index is 3.07. The fourth-order valence-corrected chi connectivity index (χ4v) is 1.30. The molecule has 0 saturated heterocycles. The van der Waals surface area contributed by atoms with Gasteiger partial charge in [-0.3, -0.25) is 4.68 Å². The van der Waals surface area contributed by atoms with E-state index in [1.54, 1.807) is 6.92 Å². The van der Waals surface area contributed by atoms with Crippen LogP contribution in [0.2, 0.25) is 5.02 Å². The fraction of sp³-hybridized carbons (Fsp3) is 0.571. The Morgan fingerprint density at radius 1 is 1.64 bits per heavy atom. The number of nitrogens with zero attached hydrogens (tertiary/aromatic N) is 2. The van der Waals surface area contributed by atoms with E-state index in [-0.39, 0.29) is 6.54 Å². The van der Waals surface area contributed by atoms with Gasteiger partial charge in [0, 0.05) is 6.04 Å². The zero-order valence-corrected chi connectivity index (χ0v) is 8.10. The molecule has 2 N–H and O–H groups in total. The van der Waals surface area contributed by atoms with Crippen molar-refractivity contribution in [3.63, 3.8) is 0 Å². The van der Waals surface area contributed by atoms with E-state index in [0.717, 1.165) is 10.9 Å². The molecule has 1 unspecified atom stereocenters. The minimum Gasteiger partial charge on any atom is -0.326 e. The van der Waals surface area contributed by atoms with E-state index in [1.807, 2.05) is 0 Å². The van der Waals surface area contributed by atoms with Crippen LogP contribution in [0.25, 0.3) is 0 Å². The third-order valence-electron chi connectivity index (χ3n) is 1.52. The molecular weight excluding hydrogens is 219 g/mol. The molecule has 80 valence electrons. The summed E-state index contributed by atoms with van der Waals surface area (Å²) in [5, 5.41) is 3.10. The van der Waals surface area contributed by atoms with Gasteiger partial charge in [0.05, 0.1) is 17.8 Å². The third kappa shape index (κ3) is 2.39. The summed E-state index contributed by atoms with van der Waals surface area (Å²) in [7, 11) is 0. The highest BCUT2D eigenvalue weighted by Gasteiger charge is 2.37. The quantitative estimate of drug-likeness (QED) is 0.839. The molecule has 7 heteroatoms. The molecule has 0 spiro atoms. The number of aromatic nitrogens is 2. The topological polar surface area (TPSA) is 43.8 Å². The second kappa shape index (κ2) is 3.78. The monoisotopic (exact) mass is 227 g/mol. The Morgan fingerprint density at radius 2 is 2.21 bits per heavy atom. The highest BCUT2D eigenvalue weighted by atomic mass is 35.5. The van der Waals surface area contributed by atoms with Gasteiger partial charge < -0.3 is 5.73 Å². The van der Waals surface area contributed by atoms with E-state index in [4.69, 9.17) is 17.3 Å². The van der Waals surface area contributed by atoms with E-state index < -0.39 is 22.9 Å². The molecule has 0 aliphatic carbocycles. The van der Waals surface area contributed by atoms with Gasteiger partial charge in [-0.1, -0.05) is 11.6 Å². The van der Waals surface area contributed by atoms with Crippen LogP contribution in [0, 0.1) is 0 Å². The molecule has 0 aliphatic rings. The standard InChI is InChI=1S/C7H9ClF3N3/c1-4(12)3-14-6(7(9,10)11)5(8)2-13-14/h2,4H,3,12H2,1H3. The lowest BCUT2D eigenvalue weighted by Crippen LogP contribution is -2.26. The molecule has 0 amide bonds. The number of halogens is 4. The molecule has 0 bridgehead atoms. The van der Waals surface area contributed by atoms with Gasteiger partial charge in [-0.05, 0) is 6.92 Å². The highest BCUT2D eigenvalue weighted by Crippen LogP contribution is 2.34. The summed E-state index contributed by atoms with van der Waals surface area (Å²) in [6.45, 7) is 1.58. The van der Waals surface area contributed by atoms with Crippen LogP contribution in [0.5, 0.6) is 0 Å². The second-order valence-electron chi connectivity index (χ2n) is 3.00. The zero-order chi connectivity index (χ0) is 10.9. The van der Waals surface area contributed by atoms with Gasteiger partial charge in [0.25, 0.3) is 0 Å². The first kappa shape index (κ1) is 11.3. The molecule has 0 aromatic carbocycles. The van der Waals surface area contributed by atoms with Crippen LogP contribution in [0.3, 0.4) is 0 Å². The van der Waals surface area contributed by atoms with Crippen LogP contribution in [-0.4, -0.2) is 15.8 Å². The lowest BCUT2D eigenvalue weighted by atomic mass is 10.3. The van der Waals surface area contributed by atoms with Crippen LogP contribution >= 0.6 is 11.6 Å². The molecule has 1 rings (SSSR count). The number of nitrogens with two attached hydrogens (primary N) is 1. The van der Waals surface area contributed by atoms with E-state index in [9.17, 15) is 13.2 Å². The molecule has 0 fully saturated rings. The SMILES string of the molecule is CC(N)Cn1ncc(Cl)c1C(F)(F)F. The van der Waals surface area contributed by atoms with Crippen molar-refractivity contribution in [3.8, 4) is 0 Å². The number of rotatable bonds is 2. The van der Waals surface area contributed by atoms with Crippen molar-refractivity contribution in [2.75, 3.05) is 0 Å². The minimum absolute atomic E-state index is 0.0123. The van der Waals surface area contributed by atoms with Crippen molar-refractivity contribution in [1.29, 1.82) is 0 Å². The van der Waals surface area contributed by atoms with E-state index in [0.29, 0.717) is 0 Å². The van der Waals surface area contributed by atoms with Gasteiger partial charge in [0.2, 0.25) is 0 Å². The van der Waals surface area contributed by atoms with Gasteiger partial charge in [-0.25, -0.2) is 0 Å². The van der Waals surface area contributed by atoms with Crippen LogP contribution < -0.4 is 5.73 Å². The smallest absolute Gasteiger partial charge is 0.326 e. The molecule has 1 aromatic heterocycles. The predicted molar refractivity (Wildman–Crippen MR) is 45.9 cm³/mol. The number of alkyl halides is 3. The van der Waals surface area contributed by atoms with Crippen molar-refractivity contribution >= 4 is 11.6 Å². The molecule has 1 heterocycles. The summed E-state index contributed by atoms with van der Waals surface area (Å²) in [5.74, 6) is 0. The van der Waals surface area contributed by atoms with Crippen LogP contribution in [0.15, 0.2) is 6.20 Å². The maximum atomic E-state index is 12.4. The summed E-state index contributed by atoms with van der Waals surface area (Å²) in [6, 6.07) is -0.410. The van der Waals surface area contributed by atoms with E-state index >= 15 is 0 Å². The maximum absolute atomic E-state index is 12.4. The fourth-order valence-electron chi connectivity index (χ4n) is 1.06. The maximum Gasteiger partial charge on any atom is 0.434 e. The van der Waals surface area contributed by atoms with Crippen LogP contribution in [0.1, 0.15) is 12.6 Å². The Labute approximate surface area is 83.6 Å². The first-order valence-electron chi connectivity index (χ1n) is 3.86. The molecule has 14 heavy (non-hydrogen) atoms. The third-order valence-corrected chi connectivity index (χ3v) is 1.80. The molecule has 0 aliphatic heterocycles. The molecular formula is C7H9ClF3N3. The lowest BCUT2D eigenvalue weighted by Gasteiger charge is -2.12. The van der Waals surface area contributed by atoms with Crippen molar-refractivity contribution in [2.45, 2.75) is 25.7 Å². The summed E-state index contributed by atoms with van der Waals surface area (Å²) < 4.78 is 38.0. The molecule has 3 nitrogen and oxygen atoms in total. The van der Waals surface area contributed by atoms with Crippen molar-refractivity contribution in [1.82, 2.24) is 9.78 Å². The van der Waals surface area contributed by atoms with Gasteiger partial charge in [0.15, 0.2) is 5.69 Å². The van der Waals surface area contributed by atoms with Gasteiger partial charge in [-0.2, -0.15) is 18.3 Å². The minimum atomic E-state index is -4.50. The Kier molecular flexibility index (Phi) is 3.06. The Morgan fingerprint density at radius 3 is 2.64 bits per heavy atom. The van der Waals surface area contributed by atoms with Crippen LogP contribution in [0.4, 0.5) is 13.2 Å². The van der Waals surface area contributed by atoms with Gasteiger partial charge >= 0.3 is 6.18 Å². The number of hydrogen-bond donors (Lipinski definition) is 1.